The van der Waals surface area contributed by atoms with Crippen LogP contribution in [0.5, 0.6) is 0 Å². The van der Waals surface area contributed by atoms with Gasteiger partial charge in [0.15, 0.2) is 4.32 Å². The third-order valence-electron chi connectivity index (χ3n) is 5.33. The van der Waals surface area contributed by atoms with Crippen molar-refractivity contribution >= 4 is 63.9 Å². The third kappa shape index (κ3) is 5.40. The van der Waals surface area contributed by atoms with Crippen molar-refractivity contribution in [3.63, 3.8) is 0 Å². The van der Waals surface area contributed by atoms with E-state index >= 15 is 0 Å². The van der Waals surface area contributed by atoms with E-state index in [9.17, 15) is 19.5 Å². The SMILES string of the molecule is O=C(NC1CCCCC1)NN1C(=O)C(=Cc2ccc(-c3ccc(Cl)c(C(=O)O)c3)o2)SC1=S. The second-order valence-electron chi connectivity index (χ2n) is 7.64. The lowest BCUT2D eigenvalue weighted by atomic mass is 9.96. The molecule has 0 radical (unpaired) electrons. The minimum Gasteiger partial charge on any atom is -0.478 e. The predicted octanol–water partition coefficient (Wildman–Crippen LogP) is 5.05. The molecule has 1 aliphatic carbocycles. The summed E-state index contributed by atoms with van der Waals surface area (Å²) < 4.78 is 5.98. The minimum absolute atomic E-state index is 0.0365. The van der Waals surface area contributed by atoms with Gasteiger partial charge in [-0.05, 0) is 55.4 Å². The number of carbonyl (C=O) groups is 3. The Bertz CT molecular complexity index is 1160. The first-order chi connectivity index (χ1) is 15.8. The van der Waals surface area contributed by atoms with E-state index in [2.05, 4.69) is 10.7 Å². The van der Waals surface area contributed by atoms with Gasteiger partial charge in [0.1, 0.15) is 11.5 Å². The lowest BCUT2D eigenvalue weighted by Gasteiger charge is -2.24. The van der Waals surface area contributed by atoms with Crippen LogP contribution in [0.2, 0.25) is 5.02 Å². The molecule has 33 heavy (non-hydrogen) atoms. The molecule has 2 fully saturated rings. The van der Waals surface area contributed by atoms with Gasteiger partial charge in [0.05, 0.1) is 15.5 Å². The van der Waals surface area contributed by atoms with E-state index in [1.807, 2.05) is 0 Å². The van der Waals surface area contributed by atoms with Gasteiger partial charge in [0.2, 0.25) is 0 Å². The van der Waals surface area contributed by atoms with Gasteiger partial charge in [0.25, 0.3) is 5.91 Å². The highest BCUT2D eigenvalue weighted by atomic mass is 35.5. The van der Waals surface area contributed by atoms with Crippen LogP contribution in [0.25, 0.3) is 17.4 Å². The van der Waals surface area contributed by atoms with Crippen LogP contribution in [-0.2, 0) is 4.79 Å². The summed E-state index contributed by atoms with van der Waals surface area (Å²) >= 11 is 12.2. The molecule has 2 aliphatic rings. The summed E-state index contributed by atoms with van der Waals surface area (Å²) in [4.78, 5) is 36.7. The molecule has 1 saturated heterocycles. The number of halogens is 1. The van der Waals surface area contributed by atoms with E-state index in [0.29, 0.717) is 22.0 Å². The Morgan fingerprint density at radius 3 is 2.70 bits per heavy atom. The summed E-state index contributed by atoms with van der Waals surface area (Å²) in [5.41, 5.74) is 3.02. The third-order valence-corrected chi connectivity index (χ3v) is 6.96. The van der Waals surface area contributed by atoms with Crippen LogP contribution in [0, 0.1) is 0 Å². The molecule has 8 nitrogen and oxygen atoms in total. The van der Waals surface area contributed by atoms with Crippen LogP contribution in [0.1, 0.15) is 48.2 Å². The van der Waals surface area contributed by atoms with E-state index in [1.165, 1.54) is 24.6 Å². The molecule has 4 rings (SSSR count). The summed E-state index contributed by atoms with van der Waals surface area (Å²) in [6.45, 7) is 0. The van der Waals surface area contributed by atoms with Gasteiger partial charge in [-0.15, -0.1) is 0 Å². The lowest BCUT2D eigenvalue weighted by Crippen LogP contribution is -2.51. The van der Waals surface area contributed by atoms with E-state index < -0.39 is 17.9 Å². The van der Waals surface area contributed by atoms with Crippen molar-refractivity contribution in [1.29, 1.82) is 0 Å². The maximum absolute atomic E-state index is 12.8. The van der Waals surface area contributed by atoms with Gasteiger partial charge in [-0.1, -0.05) is 42.6 Å². The normalized spacial score (nSPS) is 18.1. The highest BCUT2D eigenvalue weighted by molar-refractivity contribution is 8.26. The van der Waals surface area contributed by atoms with Gasteiger partial charge in [-0.3, -0.25) is 4.79 Å². The molecule has 0 bridgehead atoms. The number of amides is 3. The molecule has 1 saturated carbocycles. The van der Waals surface area contributed by atoms with Gasteiger partial charge >= 0.3 is 12.0 Å². The van der Waals surface area contributed by atoms with Crippen molar-refractivity contribution in [2.24, 2.45) is 0 Å². The number of hydrogen-bond acceptors (Lipinski definition) is 6. The number of hydrogen-bond donors (Lipinski definition) is 3. The number of aromatic carboxylic acids is 1. The number of rotatable bonds is 5. The molecule has 0 unspecified atom stereocenters. The number of nitrogens with zero attached hydrogens (tertiary/aromatic N) is 1. The first-order valence-corrected chi connectivity index (χ1v) is 11.9. The molecule has 0 atom stereocenters. The summed E-state index contributed by atoms with van der Waals surface area (Å²) in [6, 6.07) is 7.50. The van der Waals surface area contributed by atoms with Gasteiger partial charge in [0, 0.05) is 17.7 Å². The summed E-state index contributed by atoms with van der Waals surface area (Å²) in [6.07, 6.45) is 6.70. The van der Waals surface area contributed by atoms with Crippen LogP contribution in [0.3, 0.4) is 0 Å². The van der Waals surface area contributed by atoms with E-state index in [-0.39, 0.29) is 20.9 Å². The molecule has 2 aromatic rings. The van der Waals surface area contributed by atoms with Crippen molar-refractivity contribution in [1.82, 2.24) is 15.8 Å². The molecule has 172 valence electrons. The maximum atomic E-state index is 12.8. The maximum Gasteiger partial charge on any atom is 0.337 e. The molecular weight excluding hydrogens is 486 g/mol. The van der Waals surface area contributed by atoms with Crippen LogP contribution < -0.4 is 10.7 Å². The summed E-state index contributed by atoms with van der Waals surface area (Å²) in [5.74, 6) is -0.802. The molecule has 0 spiro atoms. The van der Waals surface area contributed by atoms with Crippen molar-refractivity contribution in [2.45, 2.75) is 38.1 Å². The Balaban J connectivity index is 1.45. The van der Waals surface area contributed by atoms with E-state index in [0.717, 1.165) is 42.5 Å². The standard InChI is InChI=1S/C22H20ClN3O5S2/c23-16-8-6-12(10-15(16)20(28)29)17-9-7-14(31-17)11-18-19(27)26(22(32)33-18)25-21(30)24-13-4-2-1-3-5-13/h6-11,13H,1-5H2,(H,28,29)(H2,24,25,30). The smallest absolute Gasteiger partial charge is 0.337 e. The highest BCUT2D eigenvalue weighted by Crippen LogP contribution is 2.33. The number of carboxylic acid groups (broad SMARTS) is 1. The number of benzene rings is 1. The number of furan rings is 1. The molecule has 1 aliphatic heterocycles. The Labute approximate surface area is 204 Å². The van der Waals surface area contributed by atoms with Crippen LogP contribution >= 0.6 is 35.6 Å². The van der Waals surface area contributed by atoms with Crippen molar-refractivity contribution in [3.8, 4) is 11.3 Å². The van der Waals surface area contributed by atoms with Crippen LogP contribution in [0.15, 0.2) is 39.7 Å². The Morgan fingerprint density at radius 2 is 1.97 bits per heavy atom. The fraction of sp³-hybridized carbons (Fsp3) is 0.273. The quantitative estimate of drug-likeness (QED) is 0.385. The number of carbonyl (C=O) groups excluding carboxylic acids is 2. The van der Waals surface area contributed by atoms with Crippen molar-refractivity contribution in [2.75, 3.05) is 0 Å². The van der Waals surface area contributed by atoms with Gasteiger partial charge < -0.3 is 14.8 Å². The minimum atomic E-state index is -1.14. The molecule has 3 amide bonds. The largest absolute Gasteiger partial charge is 0.478 e. The second-order valence-corrected chi connectivity index (χ2v) is 9.72. The molecule has 2 heterocycles. The molecule has 3 N–H and O–H groups in total. The Hall–Kier alpha value is -2.82. The summed E-state index contributed by atoms with van der Waals surface area (Å²) in [5, 5.41) is 13.3. The van der Waals surface area contributed by atoms with Crippen molar-refractivity contribution < 1.29 is 23.9 Å². The zero-order valence-corrected chi connectivity index (χ0v) is 19.7. The van der Waals surface area contributed by atoms with Crippen LogP contribution in [-0.4, -0.2) is 38.4 Å². The van der Waals surface area contributed by atoms with Gasteiger partial charge in [-0.2, -0.15) is 5.01 Å². The van der Waals surface area contributed by atoms with E-state index in [4.69, 9.17) is 28.2 Å². The number of thioether (sulfide) groups is 1. The van der Waals surface area contributed by atoms with E-state index in [1.54, 1.807) is 18.2 Å². The fourth-order valence-corrected chi connectivity index (χ4v) is 5.05. The second kappa shape index (κ2) is 9.98. The first kappa shape index (κ1) is 23.3. The first-order valence-electron chi connectivity index (χ1n) is 10.3. The number of thiocarbonyl (C=S) groups is 1. The average molecular weight is 506 g/mol. The molecular formula is C22H20ClN3O5S2. The number of hydrazine groups is 1. The highest BCUT2D eigenvalue weighted by Gasteiger charge is 2.34. The average Bonchev–Trinajstić information content (AvgIpc) is 3.35. The monoisotopic (exact) mass is 505 g/mol. The molecule has 1 aromatic heterocycles. The van der Waals surface area contributed by atoms with Crippen LogP contribution in [0.4, 0.5) is 4.79 Å². The number of urea groups is 1. The lowest BCUT2D eigenvalue weighted by molar-refractivity contribution is -0.123. The fourth-order valence-electron chi connectivity index (χ4n) is 3.69. The van der Waals surface area contributed by atoms with Crippen molar-refractivity contribution in [3.05, 3.63) is 51.6 Å². The topological polar surface area (TPSA) is 112 Å². The number of carboxylic acids is 1. The summed E-state index contributed by atoms with van der Waals surface area (Å²) in [7, 11) is 0. The Morgan fingerprint density at radius 1 is 1.21 bits per heavy atom. The Kier molecular flexibility index (Phi) is 7.06. The zero-order chi connectivity index (χ0) is 23.5. The van der Waals surface area contributed by atoms with Gasteiger partial charge in [-0.25, -0.2) is 15.0 Å². The molecule has 11 heteroatoms. The zero-order valence-electron chi connectivity index (χ0n) is 17.3. The predicted molar refractivity (Wildman–Crippen MR) is 130 cm³/mol. The number of nitrogens with one attached hydrogen (secondary N) is 2. The molecule has 1 aromatic carbocycles.